The Labute approximate surface area is 170 Å². The number of rotatable bonds is 11. The molecular formula is C22H30N2O5. The average Bonchev–Trinajstić information content (AvgIpc) is 2.72. The van der Waals surface area contributed by atoms with E-state index < -0.39 is 16.2 Å². The normalized spacial score (nSPS) is 11.8. The minimum atomic E-state index is -0.590. The van der Waals surface area contributed by atoms with Crippen LogP contribution in [0.3, 0.4) is 0 Å². The molecule has 7 heteroatoms. The number of nitro groups is 1. The fourth-order valence-corrected chi connectivity index (χ4v) is 3.35. The van der Waals surface area contributed by atoms with Crippen molar-refractivity contribution in [3.8, 4) is 11.5 Å². The lowest BCUT2D eigenvalue weighted by Crippen LogP contribution is -2.21. The first kappa shape index (κ1) is 22.5. The molecule has 7 nitrogen and oxygen atoms in total. The Bertz CT molecular complexity index is 946. The van der Waals surface area contributed by atoms with E-state index in [4.69, 9.17) is 4.74 Å². The van der Waals surface area contributed by atoms with Crippen molar-refractivity contribution in [2.45, 2.75) is 72.3 Å². The van der Waals surface area contributed by atoms with Gasteiger partial charge in [0.15, 0.2) is 5.75 Å². The monoisotopic (exact) mass is 402 g/mol. The van der Waals surface area contributed by atoms with E-state index in [1.807, 2.05) is 13.8 Å². The van der Waals surface area contributed by atoms with Crippen LogP contribution in [0.5, 0.6) is 11.5 Å². The topological polar surface area (TPSA) is 94.6 Å². The molecule has 0 unspecified atom stereocenters. The second kappa shape index (κ2) is 10.6. The summed E-state index contributed by atoms with van der Waals surface area (Å²) in [6.07, 6.45) is 8.65. The van der Waals surface area contributed by atoms with Crippen LogP contribution in [0.15, 0.2) is 34.8 Å². The number of hydrogen-bond acceptors (Lipinski definition) is 5. The van der Waals surface area contributed by atoms with Crippen molar-refractivity contribution in [2.75, 3.05) is 0 Å². The number of nitrogens with zero attached hydrogens (tertiary/aromatic N) is 2. The molecule has 0 aliphatic rings. The molecule has 1 aromatic heterocycles. The Kier molecular flexibility index (Phi) is 8.24. The highest BCUT2D eigenvalue weighted by Gasteiger charge is 2.20. The van der Waals surface area contributed by atoms with E-state index in [0.29, 0.717) is 29.6 Å². The molecule has 1 aromatic carbocycles. The van der Waals surface area contributed by atoms with Gasteiger partial charge >= 0.3 is 0 Å². The zero-order chi connectivity index (χ0) is 21.4. The summed E-state index contributed by atoms with van der Waals surface area (Å²) in [5, 5.41) is 22.3. The molecule has 0 fully saturated rings. The third-order valence-electron chi connectivity index (χ3n) is 5.03. The van der Waals surface area contributed by atoms with Crippen molar-refractivity contribution in [1.82, 2.24) is 4.57 Å². The molecule has 29 heavy (non-hydrogen) atoms. The maximum absolute atomic E-state index is 12.9. The zero-order valence-corrected chi connectivity index (χ0v) is 17.4. The summed E-state index contributed by atoms with van der Waals surface area (Å²) in [5.74, 6) is 0.187. The number of hydrogen-bond donors (Lipinski definition) is 1. The van der Waals surface area contributed by atoms with Crippen molar-refractivity contribution in [2.24, 2.45) is 0 Å². The summed E-state index contributed by atoms with van der Waals surface area (Å²) in [6.45, 7) is 6.26. The predicted molar refractivity (Wildman–Crippen MR) is 115 cm³/mol. The maximum atomic E-state index is 12.9. The Hall–Kier alpha value is -2.83. The van der Waals surface area contributed by atoms with E-state index in [2.05, 4.69) is 6.92 Å². The minimum Gasteiger partial charge on any atom is -0.500 e. The van der Waals surface area contributed by atoms with Gasteiger partial charge in [-0.25, -0.2) is 0 Å². The zero-order valence-electron chi connectivity index (χ0n) is 17.4. The van der Waals surface area contributed by atoms with E-state index in [9.17, 15) is 20.0 Å². The number of unbranched alkanes of at least 4 members (excludes halogenated alkanes) is 5. The van der Waals surface area contributed by atoms with E-state index in [-0.39, 0.29) is 11.4 Å². The third kappa shape index (κ3) is 5.37. The highest BCUT2D eigenvalue weighted by molar-refractivity contribution is 5.89. The molecule has 2 aromatic rings. The molecule has 0 radical (unpaired) electrons. The first-order valence-electron chi connectivity index (χ1n) is 10.3. The number of benzene rings is 1. The quantitative estimate of drug-likeness (QED) is 0.226. The van der Waals surface area contributed by atoms with Crippen molar-refractivity contribution >= 4 is 16.6 Å². The molecule has 0 spiro atoms. The van der Waals surface area contributed by atoms with Gasteiger partial charge in [0.25, 0.3) is 11.2 Å². The van der Waals surface area contributed by atoms with Crippen LogP contribution in [0.25, 0.3) is 10.9 Å². The summed E-state index contributed by atoms with van der Waals surface area (Å²) >= 11 is 0. The number of allylic oxidation sites excluding steroid dienone is 2. The van der Waals surface area contributed by atoms with Crippen LogP contribution in [0.2, 0.25) is 0 Å². The molecule has 0 amide bonds. The molecule has 0 saturated heterocycles. The first-order chi connectivity index (χ1) is 13.9. The summed E-state index contributed by atoms with van der Waals surface area (Å²) in [4.78, 5) is 23.6. The fraction of sp³-hybridized carbons (Fsp3) is 0.500. The van der Waals surface area contributed by atoms with Gasteiger partial charge in [-0.3, -0.25) is 14.9 Å². The van der Waals surface area contributed by atoms with Crippen LogP contribution in [-0.4, -0.2) is 14.6 Å². The van der Waals surface area contributed by atoms with Gasteiger partial charge < -0.3 is 14.4 Å². The average molecular weight is 402 g/mol. The van der Waals surface area contributed by atoms with Crippen LogP contribution in [-0.2, 0) is 6.54 Å². The smallest absolute Gasteiger partial charge is 0.297 e. The van der Waals surface area contributed by atoms with Gasteiger partial charge in [0.1, 0.15) is 0 Å². The fourth-order valence-electron chi connectivity index (χ4n) is 3.35. The van der Waals surface area contributed by atoms with Gasteiger partial charge in [-0.2, -0.15) is 0 Å². The first-order valence-corrected chi connectivity index (χ1v) is 10.3. The highest BCUT2D eigenvalue weighted by atomic mass is 16.6. The van der Waals surface area contributed by atoms with E-state index in [0.717, 1.165) is 32.1 Å². The lowest BCUT2D eigenvalue weighted by atomic mass is 10.1. The number of nitro benzene ring substituents is 1. The van der Waals surface area contributed by atoms with Gasteiger partial charge in [0.05, 0.1) is 16.2 Å². The SMILES string of the molecule is CC=C(CC)Oc1c(O)c(=O)n(CCCCCCCC)c2cc([N+](=O)[O-])ccc12. The molecule has 0 bridgehead atoms. The Balaban J connectivity index is 2.49. The van der Waals surface area contributed by atoms with Gasteiger partial charge in [-0.15, -0.1) is 0 Å². The van der Waals surface area contributed by atoms with Gasteiger partial charge in [0.2, 0.25) is 5.75 Å². The van der Waals surface area contributed by atoms with E-state index >= 15 is 0 Å². The largest absolute Gasteiger partial charge is 0.500 e. The second-order valence-corrected chi connectivity index (χ2v) is 7.07. The lowest BCUT2D eigenvalue weighted by Gasteiger charge is -2.16. The van der Waals surface area contributed by atoms with Crippen molar-refractivity contribution < 1.29 is 14.8 Å². The van der Waals surface area contributed by atoms with Crippen LogP contribution in [0, 0.1) is 10.1 Å². The molecular weight excluding hydrogens is 372 g/mol. The molecule has 1 heterocycles. The Morgan fingerprint density at radius 3 is 2.52 bits per heavy atom. The summed E-state index contributed by atoms with van der Waals surface area (Å²) in [7, 11) is 0. The minimum absolute atomic E-state index is 0.0500. The maximum Gasteiger partial charge on any atom is 0.297 e. The molecule has 0 saturated carbocycles. The standard InChI is InChI=1S/C22H30N2O5/c1-4-7-8-9-10-11-14-23-19-15-16(24(27)28)12-13-18(19)21(20(25)22(23)26)29-17(5-2)6-3/h5,12-13,15,25H,4,6-11,14H2,1-3H3. The highest BCUT2D eigenvalue weighted by Crippen LogP contribution is 2.35. The molecule has 0 aliphatic heterocycles. The number of aromatic nitrogens is 1. The Morgan fingerprint density at radius 1 is 1.21 bits per heavy atom. The number of non-ortho nitro benzene ring substituents is 1. The van der Waals surface area contributed by atoms with Crippen LogP contribution in [0.4, 0.5) is 5.69 Å². The molecule has 2 rings (SSSR count). The van der Waals surface area contributed by atoms with Gasteiger partial charge in [-0.05, 0) is 25.5 Å². The van der Waals surface area contributed by atoms with Crippen LogP contribution < -0.4 is 10.3 Å². The Morgan fingerprint density at radius 2 is 1.90 bits per heavy atom. The second-order valence-electron chi connectivity index (χ2n) is 7.07. The van der Waals surface area contributed by atoms with Crippen molar-refractivity contribution in [1.29, 1.82) is 0 Å². The van der Waals surface area contributed by atoms with E-state index in [1.54, 1.807) is 6.08 Å². The van der Waals surface area contributed by atoms with Gasteiger partial charge in [0, 0.05) is 30.5 Å². The van der Waals surface area contributed by atoms with Crippen LogP contribution in [0.1, 0.15) is 65.7 Å². The summed E-state index contributed by atoms with van der Waals surface area (Å²) in [6, 6.07) is 4.26. The number of ether oxygens (including phenoxy) is 1. The number of pyridine rings is 1. The lowest BCUT2D eigenvalue weighted by molar-refractivity contribution is -0.384. The molecule has 158 valence electrons. The number of aromatic hydroxyl groups is 1. The number of fused-ring (bicyclic) bond motifs is 1. The van der Waals surface area contributed by atoms with E-state index in [1.165, 1.54) is 29.2 Å². The van der Waals surface area contributed by atoms with Gasteiger partial charge in [-0.1, -0.05) is 46.0 Å². The molecule has 0 atom stereocenters. The van der Waals surface area contributed by atoms with Crippen molar-refractivity contribution in [3.05, 3.63) is 50.5 Å². The van der Waals surface area contributed by atoms with Crippen LogP contribution >= 0.6 is 0 Å². The summed E-state index contributed by atoms with van der Waals surface area (Å²) < 4.78 is 7.21. The third-order valence-corrected chi connectivity index (χ3v) is 5.03. The predicted octanol–water partition coefficient (Wildman–Crippen LogP) is 5.67. The molecule has 0 aliphatic carbocycles. The van der Waals surface area contributed by atoms with Crippen molar-refractivity contribution in [3.63, 3.8) is 0 Å². The summed E-state index contributed by atoms with van der Waals surface area (Å²) in [5.41, 5.74) is -0.294. The number of aryl methyl sites for hydroxylation is 1. The molecule has 1 N–H and O–H groups in total.